The molecule has 1 aliphatic rings. The Bertz CT molecular complexity index is 485. The minimum Gasteiger partial charge on any atom is -0.468 e. The number of hydrogen-bond acceptors (Lipinski definition) is 6. The van der Waals surface area contributed by atoms with Gasteiger partial charge in [-0.05, 0) is 13.8 Å². The number of amides is 2. The summed E-state index contributed by atoms with van der Waals surface area (Å²) in [5.74, 6) is -2.38. The van der Waals surface area contributed by atoms with Gasteiger partial charge >= 0.3 is 5.97 Å². The number of imide groups is 1. The first-order valence-electron chi connectivity index (χ1n) is 5.14. The fraction of sp³-hybridized carbons (Fsp3) is 0.667. The molecular formula is C9H14N2O6S. The molecule has 1 saturated heterocycles. The predicted octanol–water partition coefficient (Wildman–Crippen LogP) is -1.78. The van der Waals surface area contributed by atoms with Gasteiger partial charge in [-0.2, -0.15) is 4.31 Å². The SMILES string of the molecule is COC(=O)C(C)S(=O)(=O)N1CC(=O)NC(=O)C1C. The molecule has 0 aromatic carbocycles. The molecule has 8 nitrogen and oxygen atoms in total. The molecule has 0 aliphatic carbocycles. The van der Waals surface area contributed by atoms with Crippen molar-refractivity contribution in [1.82, 2.24) is 9.62 Å². The smallest absolute Gasteiger partial charge is 0.325 e. The molecule has 2 unspecified atom stereocenters. The molecule has 1 rings (SSSR count). The monoisotopic (exact) mass is 278 g/mol. The van der Waals surface area contributed by atoms with Crippen molar-refractivity contribution in [3.05, 3.63) is 0 Å². The van der Waals surface area contributed by atoms with Crippen LogP contribution in [0.1, 0.15) is 13.8 Å². The number of carbonyl (C=O) groups is 3. The summed E-state index contributed by atoms with van der Waals surface area (Å²) < 4.78 is 29.2. The van der Waals surface area contributed by atoms with Gasteiger partial charge in [0.15, 0.2) is 5.25 Å². The number of nitrogens with one attached hydrogen (secondary N) is 1. The zero-order chi connectivity index (χ0) is 14.1. The highest BCUT2D eigenvalue weighted by molar-refractivity contribution is 7.90. The minimum absolute atomic E-state index is 0.490. The van der Waals surface area contributed by atoms with E-state index in [0.717, 1.165) is 14.0 Å². The van der Waals surface area contributed by atoms with Gasteiger partial charge in [0.05, 0.1) is 13.7 Å². The summed E-state index contributed by atoms with van der Waals surface area (Å²) in [4.78, 5) is 33.8. The van der Waals surface area contributed by atoms with Crippen molar-refractivity contribution in [2.75, 3.05) is 13.7 Å². The molecule has 0 spiro atoms. The highest BCUT2D eigenvalue weighted by Gasteiger charge is 2.43. The van der Waals surface area contributed by atoms with Crippen LogP contribution in [0.15, 0.2) is 0 Å². The normalized spacial score (nSPS) is 23.4. The third-order valence-electron chi connectivity index (χ3n) is 2.68. The lowest BCUT2D eigenvalue weighted by Crippen LogP contribution is -2.60. The van der Waals surface area contributed by atoms with Crippen LogP contribution in [0.25, 0.3) is 0 Å². The van der Waals surface area contributed by atoms with E-state index in [9.17, 15) is 22.8 Å². The Kier molecular flexibility index (Phi) is 4.07. The highest BCUT2D eigenvalue weighted by atomic mass is 32.2. The molecule has 9 heteroatoms. The van der Waals surface area contributed by atoms with Crippen molar-refractivity contribution in [3.8, 4) is 0 Å². The molecule has 0 radical (unpaired) electrons. The summed E-state index contributed by atoms with van der Waals surface area (Å²) in [5.41, 5.74) is 0. The number of hydrogen-bond donors (Lipinski definition) is 1. The highest BCUT2D eigenvalue weighted by Crippen LogP contribution is 2.16. The molecule has 1 heterocycles. The fourth-order valence-electron chi connectivity index (χ4n) is 1.49. The van der Waals surface area contributed by atoms with Gasteiger partial charge in [-0.1, -0.05) is 0 Å². The van der Waals surface area contributed by atoms with Gasteiger partial charge in [-0.3, -0.25) is 19.7 Å². The van der Waals surface area contributed by atoms with Crippen LogP contribution in [-0.4, -0.2) is 55.5 Å². The average Bonchev–Trinajstić information content (AvgIpc) is 2.31. The van der Waals surface area contributed by atoms with Crippen molar-refractivity contribution in [1.29, 1.82) is 0 Å². The Balaban J connectivity index is 3.07. The van der Waals surface area contributed by atoms with Gasteiger partial charge in [-0.25, -0.2) is 8.42 Å². The molecule has 102 valence electrons. The van der Waals surface area contributed by atoms with Gasteiger partial charge in [-0.15, -0.1) is 0 Å². The number of nitrogens with zero attached hydrogens (tertiary/aromatic N) is 1. The third kappa shape index (κ3) is 2.51. The Labute approximate surface area is 104 Å². The van der Waals surface area contributed by atoms with Crippen molar-refractivity contribution >= 4 is 27.8 Å². The van der Waals surface area contributed by atoms with Crippen LogP contribution in [0.4, 0.5) is 0 Å². The zero-order valence-corrected chi connectivity index (χ0v) is 11.0. The second-order valence-corrected chi connectivity index (χ2v) is 6.05. The van der Waals surface area contributed by atoms with E-state index in [1.807, 2.05) is 5.32 Å². The van der Waals surface area contributed by atoms with E-state index in [1.54, 1.807) is 0 Å². The summed E-state index contributed by atoms with van der Waals surface area (Å²) in [6, 6.07) is -1.04. The molecule has 0 aromatic rings. The van der Waals surface area contributed by atoms with Crippen molar-refractivity contribution in [2.24, 2.45) is 0 Å². The zero-order valence-electron chi connectivity index (χ0n) is 10.2. The number of rotatable bonds is 3. The van der Waals surface area contributed by atoms with Crippen LogP contribution in [0.2, 0.25) is 0 Å². The van der Waals surface area contributed by atoms with Crippen LogP contribution >= 0.6 is 0 Å². The number of ether oxygens (including phenoxy) is 1. The van der Waals surface area contributed by atoms with E-state index < -0.39 is 45.6 Å². The van der Waals surface area contributed by atoms with E-state index in [1.165, 1.54) is 6.92 Å². The maximum absolute atomic E-state index is 12.1. The van der Waals surface area contributed by atoms with E-state index in [4.69, 9.17) is 0 Å². The van der Waals surface area contributed by atoms with Crippen LogP contribution in [0, 0.1) is 0 Å². The molecule has 1 N–H and O–H groups in total. The first-order chi connectivity index (χ1) is 8.21. The summed E-state index contributed by atoms with van der Waals surface area (Å²) in [5, 5.41) is 0.544. The van der Waals surface area contributed by atoms with Crippen molar-refractivity contribution in [3.63, 3.8) is 0 Å². The van der Waals surface area contributed by atoms with Crippen molar-refractivity contribution < 1.29 is 27.5 Å². The summed E-state index contributed by atoms with van der Waals surface area (Å²) in [7, 11) is -3.05. The number of methoxy groups -OCH3 is 1. The topological polar surface area (TPSA) is 110 Å². The molecule has 0 aromatic heterocycles. The maximum Gasteiger partial charge on any atom is 0.325 e. The fourth-order valence-corrected chi connectivity index (χ4v) is 3.07. The predicted molar refractivity (Wildman–Crippen MR) is 59.7 cm³/mol. The van der Waals surface area contributed by atoms with Gasteiger partial charge < -0.3 is 4.74 Å². The number of piperazine rings is 1. The van der Waals surface area contributed by atoms with E-state index in [2.05, 4.69) is 4.74 Å². The van der Waals surface area contributed by atoms with Crippen LogP contribution < -0.4 is 5.32 Å². The Morgan fingerprint density at radius 1 is 1.50 bits per heavy atom. The molecule has 0 bridgehead atoms. The standard InChI is InChI=1S/C9H14N2O6S/c1-5-8(13)10-7(12)4-11(5)18(15,16)6(2)9(14)17-3/h5-6H,4H2,1-3H3,(H,10,12,13). The largest absolute Gasteiger partial charge is 0.468 e. The lowest BCUT2D eigenvalue weighted by Gasteiger charge is -2.31. The number of esters is 1. The first kappa shape index (κ1) is 14.6. The summed E-state index contributed by atoms with van der Waals surface area (Å²) in [6.07, 6.45) is 0. The summed E-state index contributed by atoms with van der Waals surface area (Å²) in [6.45, 7) is 1.99. The molecule has 2 amide bonds. The molecule has 2 atom stereocenters. The van der Waals surface area contributed by atoms with Gasteiger partial charge in [0.2, 0.25) is 21.8 Å². The summed E-state index contributed by atoms with van der Waals surface area (Å²) >= 11 is 0. The third-order valence-corrected chi connectivity index (χ3v) is 4.87. The van der Waals surface area contributed by atoms with Crippen LogP contribution in [0.5, 0.6) is 0 Å². The maximum atomic E-state index is 12.1. The molecular weight excluding hydrogens is 264 g/mol. The van der Waals surface area contributed by atoms with E-state index in [-0.39, 0.29) is 0 Å². The molecule has 1 aliphatic heterocycles. The van der Waals surface area contributed by atoms with Crippen molar-refractivity contribution in [2.45, 2.75) is 25.1 Å². The Morgan fingerprint density at radius 2 is 2.06 bits per heavy atom. The molecule has 0 saturated carbocycles. The Morgan fingerprint density at radius 3 is 2.56 bits per heavy atom. The van der Waals surface area contributed by atoms with E-state index >= 15 is 0 Å². The second kappa shape index (κ2) is 5.02. The second-order valence-electron chi connectivity index (χ2n) is 3.84. The lowest BCUT2D eigenvalue weighted by molar-refractivity contribution is -0.141. The first-order valence-corrected chi connectivity index (χ1v) is 6.64. The van der Waals surface area contributed by atoms with Gasteiger partial charge in [0.1, 0.15) is 6.04 Å². The van der Waals surface area contributed by atoms with Crippen LogP contribution in [-0.2, 0) is 29.1 Å². The molecule has 18 heavy (non-hydrogen) atoms. The van der Waals surface area contributed by atoms with Gasteiger partial charge in [0.25, 0.3) is 0 Å². The quantitative estimate of drug-likeness (QED) is 0.483. The lowest BCUT2D eigenvalue weighted by atomic mass is 10.2. The minimum atomic E-state index is -4.11. The number of carbonyl (C=O) groups excluding carboxylic acids is 3. The average molecular weight is 278 g/mol. The van der Waals surface area contributed by atoms with Gasteiger partial charge in [0, 0.05) is 0 Å². The Hall–Kier alpha value is -1.48. The van der Waals surface area contributed by atoms with E-state index in [0.29, 0.717) is 4.31 Å². The molecule has 1 fully saturated rings. The van der Waals surface area contributed by atoms with Crippen LogP contribution in [0.3, 0.4) is 0 Å². The number of sulfonamides is 1.